The van der Waals surface area contributed by atoms with Gasteiger partial charge in [0, 0.05) is 22.2 Å². The van der Waals surface area contributed by atoms with E-state index in [1.165, 1.54) is 17.7 Å². The van der Waals surface area contributed by atoms with Crippen LogP contribution in [-0.4, -0.2) is 12.1 Å². The van der Waals surface area contributed by atoms with Crippen LogP contribution in [-0.2, 0) is 0 Å². The first-order valence-corrected chi connectivity index (χ1v) is 6.23. The third-order valence-electron chi connectivity index (χ3n) is 2.96. The lowest BCUT2D eigenvalue weighted by molar-refractivity contribution is 0.687. The van der Waals surface area contributed by atoms with Gasteiger partial charge >= 0.3 is 0 Å². The van der Waals surface area contributed by atoms with Gasteiger partial charge < -0.3 is 11.1 Å². The number of halogens is 1. The van der Waals surface area contributed by atoms with Gasteiger partial charge in [0.15, 0.2) is 0 Å². The lowest BCUT2D eigenvalue weighted by Crippen LogP contribution is -2.20. The summed E-state index contributed by atoms with van der Waals surface area (Å²) in [4.78, 5) is 0. The summed E-state index contributed by atoms with van der Waals surface area (Å²) >= 11 is 3.58. The molecule has 0 saturated heterocycles. The summed E-state index contributed by atoms with van der Waals surface area (Å²) in [6.07, 6.45) is 3.41. The van der Waals surface area contributed by atoms with Crippen LogP contribution in [0.4, 0.5) is 5.69 Å². The van der Waals surface area contributed by atoms with Gasteiger partial charge in [-0.3, -0.25) is 0 Å². The number of rotatable bonds is 2. The number of anilines is 1. The van der Waals surface area contributed by atoms with Crippen molar-refractivity contribution in [1.29, 1.82) is 0 Å². The van der Waals surface area contributed by atoms with E-state index in [9.17, 15) is 0 Å². The van der Waals surface area contributed by atoms with Crippen LogP contribution in [0.5, 0.6) is 0 Å². The lowest BCUT2D eigenvalue weighted by Gasteiger charge is -2.15. The minimum absolute atomic E-state index is 0.381. The molecule has 0 radical (unpaired) electrons. The molecule has 0 heterocycles. The van der Waals surface area contributed by atoms with Gasteiger partial charge in [0.05, 0.1) is 0 Å². The fourth-order valence-electron chi connectivity index (χ4n) is 2.10. The van der Waals surface area contributed by atoms with Gasteiger partial charge in [-0.05, 0) is 59.8 Å². The second-order valence-corrected chi connectivity index (χ2v) is 5.25. The highest BCUT2D eigenvalue weighted by molar-refractivity contribution is 9.10. The number of hydrogen-bond acceptors (Lipinski definition) is 2. The molecule has 2 nitrogen and oxygen atoms in total. The van der Waals surface area contributed by atoms with Crippen molar-refractivity contribution in [2.24, 2.45) is 5.73 Å². The van der Waals surface area contributed by atoms with Crippen molar-refractivity contribution in [3.8, 4) is 0 Å². The summed E-state index contributed by atoms with van der Waals surface area (Å²) < 4.78 is 1.14. The first kappa shape index (κ1) is 11.0. The molecule has 0 bridgehead atoms. The number of nitrogens with two attached hydrogens (primary N) is 1. The Hall–Kier alpha value is -0.540. The van der Waals surface area contributed by atoms with Gasteiger partial charge in [-0.15, -0.1) is 0 Å². The minimum atomic E-state index is 0.381. The summed E-state index contributed by atoms with van der Waals surface area (Å²) in [5, 5.41) is 3.54. The van der Waals surface area contributed by atoms with Crippen LogP contribution in [0.2, 0.25) is 0 Å². The average molecular weight is 269 g/mol. The average Bonchev–Trinajstić information content (AvgIpc) is 2.56. The third-order valence-corrected chi connectivity index (χ3v) is 3.61. The SMILES string of the molecule is Cc1ccc(NC2CCC(N)C2)c(Br)c1. The highest BCUT2D eigenvalue weighted by Crippen LogP contribution is 2.27. The zero-order valence-corrected chi connectivity index (χ0v) is 10.5. The Morgan fingerprint density at radius 1 is 1.40 bits per heavy atom. The molecule has 2 rings (SSSR count). The van der Waals surface area contributed by atoms with Crippen LogP contribution in [0, 0.1) is 6.92 Å². The summed E-state index contributed by atoms with van der Waals surface area (Å²) in [5.74, 6) is 0. The molecule has 0 amide bonds. The van der Waals surface area contributed by atoms with Crippen LogP contribution in [0.1, 0.15) is 24.8 Å². The summed E-state index contributed by atoms with van der Waals surface area (Å²) in [5.41, 5.74) is 8.34. The third kappa shape index (κ3) is 2.73. The summed E-state index contributed by atoms with van der Waals surface area (Å²) in [6.45, 7) is 2.10. The lowest BCUT2D eigenvalue weighted by atomic mass is 10.2. The maximum absolute atomic E-state index is 5.89. The van der Waals surface area contributed by atoms with Gasteiger partial charge in [-0.25, -0.2) is 0 Å². The molecule has 0 aromatic heterocycles. The zero-order valence-electron chi connectivity index (χ0n) is 8.96. The van der Waals surface area contributed by atoms with Crippen molar-refractivity contribution in [2.75, 3.05) is 5.32 Å². The molecule has 1 saturated carbocycles. The monoisotopic (exact) mass is 268 g/mol. The number of hydrogen-bond donors (Lipinski definition) is 2. The van der Waals surface area contributed by atoms with Gasteiger partial charge in [0.2, 0.25) is 0 Å². The Morgan fingerprint density at radius 2 is 2.20 bits per heavy atom. The van der Waals surface area contributed by atoms with E-state index in [1.54, 1.807) is 0 Å². The maximum atomic E-state index is 5.89. The van der Waals surface area contributed by atoms with Crippen LogP contribution < -0.4 is 11.1 Å². The van der Waals surface area contributed by atoms with Crippen molar-refractivity contribution < 1.29 is 0 Å². The fourth-order valence-corrected chi connectivity index (χ4v) is 2.71. The highest BCUT2D eigenvalue weighted by atomic mass is 79.9. The van der Waals surface area contributed by atoms with E-state index < -0.39 is 0 Å². The maximum Gasteiger partial charge on any atom is 0.0486 e. The molecule has 15 heavy (non-hydrogen) atoms. The van der Waals surface area contributed by atoms with Crippen molar-refractivity contribution in [3.05, 3.63) is 28.2 Å². The Bertz CT molecular complexity index is 351. The topological polar surface area (TPSA) is 38.0 Å². The Balaban J connectivity index is 2.04. The van der Waals surface area contributed by atoms with E-state index in [1.807, 2.05) is 0 Å². The zero-order chi connectivity index (χ0) is 10.8. The summed E-state index contributed by atoms with van der Waals surface area (Å²) in [6, 6.07) is 7.31. The van der Waals surface area contributed by atoms with Gasteiger partial charge in [-0.2, -0.15) is 0 Å². The van der Waals surface area contributed by atoms with Crippen molar-refractivity contribution in [2.45, 2.75) is 38.3 Å². The van der Waals surface area contributed by atoms with Crippen molar-refractivity contribution in [1.82, 2.24) is 0 Å². The molecular weight excluding hydrogens is 252 g/mol. The first-order valence-electron chi connectivity index (χ1n) is 5.43. The molecule has 2 unspecified atom stereocenters. The van der Waals surface area contributed by atoms with Gasteiger partial charge in [0.1, 0.15) is 0 Å². The second-order valence-electron chi connectivity index (χ2n) is 4.40. The van der Waals surface area contributed by atoms with Crippen LogP contribution in [0.15, 0.2) is 22.7 Å². The predicted molar refractivity (Wildman–Crippen MR) is 68.1 cm³/mol. The fraction of sp³-hybridized carbons (Fsp3) is 0.500. The molecule has 0 aliphatic heterocycles. The Labute approximate surface area is 99.4 Å². The molecule has 1 aromatic carbocycles. The van der Waals surface area contributed by atoms with Crippen LogP contribution in [0.25, 0.3) is 0 Å². The van der Waals surface area contributed by atoms with Gasteiger partial charge in [-0.1, -0.05) is 6.07 Å². The molecule has 1 aliphatic carbocycles. The Morgan fingerprint density at radius 3 is 2.80 bits per heavy atom. The van der Waals surface area contributed by atoms with Crippen LogP contribution >= 0.6 is 15.9 Å². The number of aryl methyl sites for hydroxylation is 1. The molecule has 1 fully saturated rings. The molecule has 3 N–H and O–H groups in total. The quantitative estimate of drug-likeness (QED) is 0.866. The van der Waals surface area contributed by atoms with E-state index in [2.05, 4.69) is 46.4 Å². The molecule has 82 valence electrons. The van der Waals surface area contributed by atoms with E-state index in [0.717, 1.165) is 17.3 Å². The van der Waals surface area contributed by atoms with E-state index in [-0.39, 0.29) is 0 Å². The molecule has 2 atom stereocenters. The standard InChI is InChI=1S/C12H17BrN2/c1-8-2-5-12(11(13)6-8)15-10-4-3-9(14)7-10/h2,5-6,9-10,15H,3-4,7,14H2,1H3. The van der Waals surface area contributed by atoms with Crippen molar-refractivity contribution >= 4 is 21.6 Å². The van der Waals surface area contributed by atoms with Crippen LogP contribution in [0.3, 0.4) is 0 Å². The van der Waals surface area contributed by atoms with Gasteiger partial charge in [0.25, 0.3) is 0 Å². The molecule has 1 aromatic rings. The molecule has 1 aliphatic rings. The Kier molecular flexibility index (Phi) is 3.32. The van der Waals surface area contributed by atoms with E-state index >= 15 is 0 Å². The first-order chi connectivity index (χ1) is 7.15. The predicted octanol–water partition coefficient (Wildman–Crippen LogP) is 3.05. The normalized spacial score (nSPS) is 25.5. The van der Waals surface area contributed by atoms with E-state index in [4.69, 9.17) is 5.73 Å². The number of nitrogens with one attached hydrogen (secondary N) is 1. The highest BCUT2D eigenvalue weighted by Gasteiger charge is 2.21. The smallest absolute Gasteiger partial charge is 0.0486 e. The van der Waals surface area contributed by atoms with E-state index in [0.29, 0.717) is 12.1 Å². The molecule has 3 heteroatoms. The minimum Gasteiger partial charge on any atom is -0.381 e. The second kappa shape index (κ2) is 4.54. The van der Waals surface area contributed by atoms with Crippen molar-refractivity contribution in [3.63, 3.8) is 0 Å². The number of benzene rings is 1. The molecule has 0 spiro atoms. The molecular formula is C12H17BrN2. The summed E-state index contributed by atoms with van der Waals surface area (Å²) in [7, 11) is 0. The largest absolute Gasteiger partial charge is 0.381 e.